The van der Waals surface area contributed by atoms with Gasteiger partial charge >= 0.3 is 0 Å². The maximum atomic E-state index is 2.60. The van der Waals surface area contributed by atoms with Gasteiger partial charge in [-0.15, -0.1) is 0 Å². The molecule has 1 aliphatic rings. The third-order valence-electron chi connectivity index (χ3n) is 3.76. The summed E-state index contributed by atoms with van der Waals surface area (Å²) in [5.74, 6) is 0.819. The summed E-state index contributed by atoms with van der Waals surface area (Å²) < 4.78 is 0. The molecule has 0 radical (unpaired) electrons. The molecule has 2 heteroatoms. The fourth-order valence-electron chi connectivity index (χ4n) is 2.50. The molecular formula is C16H26N2. The molecule has 2 rings (SSSR count). The van der Waals surface area contributed by atoms with Crippen LogP contribution in [0.5, 0.6) is 0 Å². The van der Waals surface area contributed by atoms with E-state index in [1.54, 1.807) is 0 Å². The van der Waals surface area contributed by atoms with Crippen molar-refractivity contribution in [3.8, 4) is 0 Å². The summed E-state index contributed by atoms with van der Waals surface area (Å²) in [6.45, 7) is 12.8. The molecule has 0 saturated carbocycles. The van der Waals surface area contributed by atoms with Crippen molar-refractivity contribution >= 4 is 5.69 Å². The Morgan fingerprint density at radius 2 is 1.83 bits per heavy atom. The zero-order chi connectivity index (χ0) is 13.0. The van der Waals surface area contributed by atoms with Crippen molar-refractivity contribution in [2.24, 2.45) is 5.92 Å². The van der Waals surface area contributed by atoms with E-state index in [0.29, 0.717) is 0 Å². The van der Waals surface area contributed by atoms with Crippen LogP contribution in [0.15, 0.2) is 24.3 Å². The molecule has 0 aromatic heterocycles. The minimum Gasteiger partial charge on any atom is -0.369 e. The second kappa shape index (κ2) is 6.24. The number of rotatable bonds is 4. The van der Waals surface area contributed by atoms with E-state index in [9.17, 15) is 0 Å². The van der Waals surface area contributed by atoms with Gasteiger partial charge in [-0.2, -0.15) is 0 Å². The van der Waals surface area contributed by atoms with E-state index in [4.69, 9.17) is 0 Å². The lowest BCUT2D eigenvalue weighted by Crippen LogP contribution is -2.46. The highest BCUT2D eigenvalue weighted by Gasteiger charge is 2.16. The molecule has 1 heterocycles. The minimum atomic E-state index is 0.819. The second-order valence-electron chi connectivity index (χ2n) is 5.85. The van der Waals surface area contributed by atoms with Crippen LogP contribution in [0.3, 0.4) is 0 Å². The van der Waals surface area contributed by atoms with E-state index < -0.39 is 0 Å². The number of hydrogen-bond donors (Lipinski definition) is 0. The number of hydrogen-bond acceptors (Lipinski definition) is 2. The van der Waals surface area contributed by atoms with Gasteiger partial charge in [-0.25, -0.2) is 0 Å². The first kappa shape index (κ1) is 13.4. The Kier molecular flexibility index (Phi) is 4.65. The third kappa shape index (κ3) is 3.74. The molecule has 1 aliphatic heterocycles. The summed E-state index contributed by atoms with van der Waals surface area (Å²) in [6.07, 6.45) is 1.32. The van der Waals surface area contributed by atoms with Crippen molar-refractivity contribution in [1.82, 2.24) is 4.90 Å². The fraction of sp³-hybridized carbons (Fsp3) is 0.625. The van der Waals surface area contributed by atoms with Crippen LogP contribution in [0.4, 0.5) is 5.69 Å². The molecule has 18 heavy (non-hydrogen) atoms. The number of nitrogens with zero attached hydrogens (tertiary/aromatic N) is 2. The van der Waals surface area contributed by atoms with Gasteiger partial charge in [0.25, 0.3) is 0 Å². The van der Waals surface area contributed by atoms with Crippen LogP contribution >= 0.6 is 0 Å². The Hall–Kier alpha value is -1.02. The summed E-state index contributed by atoms with van der Waals surface area (Å²) in [7, 11) is 0. The summed E-state index contributed by atoms with van der Waals surface area (Å²) >= 11 is 0. The number of piperazine rings is 1. The minimum absolute atomic E-state index is 0.819. The average molecular weight is 246 g/mol. The highest BCUT2D eigenvalue weighted by molar-refractivity contribution is 5.48. The Bertz CT molecular complexity index is 365. The first-order valence-electron chi connectivity index (χ1n) is 7.19. The largest absolute Gasteiger partial charge is 0.369 e. The molecule has 0 bridgehead atoms. The van der Waals surface area contributed by atoms with Gasteiger partial charge in [0.1, 0.15) is 0 Å². The monoisotopic (exact) mass is 246 g/mol. The van der Waals surface area contributed by atoms with E-state index >= 15 is 0 Å². The fourth-order valence-corrected chi connectivity index (χ4v) is 2.50. The van der Waals surface area contributed by atoms with Crippen molar-refractivity contribution in [1.29, 1.82) is 0 Å². The molecule has 100 valence electrons. The maximum Gasteiger partial charge on any atom is 0.0369 e. The second-order valence-corrected chi connectivity index (χ2v) is 5.85. The van der Waals surface area contributed by atoms with Crippen LogP contribution in [-0.2, 0) is 0 Å². The van der Waals surface area contributed by atoms with Crippen molar-refractivity contribution in [3.05, 3.63) is 29.8 Å². The molecular weight excluding hydrogens is 220 g/mol. The Labute approximate surface area is 112 Å². The summed E-state index contributed by atoms with van der Waals surface area (Å²) in [4.78, 5) is 5.12. The number of anilines is 1. The van der Waals surface area contributed by atoms with E-state index in [1.165, 1.54) is 50.4 Å². The molecule has 0 spiro atoms. The predicted molar refractivity (Wildman–Crippen MR) is 79.3 cm³/mol. The van der Waals surface area contributed by atoms with Gasteiger partial charge in [0.05, 0.1) is 0 Å². The van der Waals surface area contributed by atoms with Gasteiger partial charge in [0, 0.05) is 31.9 Å². The van der Waals surface area contributed by atoms with Crippen LogP contribution in [0.2, 0.25) is 0 Å². The van der Waals surface area contributed by atoms with Crippen LogP contribution in [-0.4, -0.2) is 37.6 Å². The summed E-state index contributed by atoms with van der Waals surface area (Å²) in [5, 5.41) is 0. The van der Waals surface area contributed by atoms with Crippen molar-refractivity contribution < 1.29 is 0 Å². The van der Waals surface area contributed by atoms with Gasteiger partial charge in [-0.3, -0.25) is 4.90 Å². The number of aryl methyl sites for hydroxylation is 1. The van der Waals surface area contributed by atoms with Gasteiger partial charge in [-0.05, 0) is 43.5 Å². The Morgan fingerprint density at radius 3 is 2.44 bits per heavy atom. The maximum absolute atomic E-state index is 2.60. The van der Waals surface area contributed by atoms with E-state index in [-0.39, 0.29) is 0 Å². The SMILES string of the molecule is Cc1cccc(N2CCN(CCC(C)C)CC2)c1. The normalized spacial score (nSPS) is 17.4. The molecule has 0 amide bonds. The van der Waals surface area contributed by atoms with Crippen molar-refractivity contribution in [2.45, 2.75) is 27.2 Å². The smallest absolute Gasteiger partial charge is 0.0369 e. The van der Waals surface area contributed by atoms with Crippen molar-refractivity contribution in [2.75, 3.05) is 37.6 Å². The van der Waals surface area contributed by atoms with Crippen molar-refractivity contribution in [3.63, 3.8) is 0 Å². The Morgan fingerprint density at radius 1 is 1.11 bits per heavy atom. The topological polar surface area (TPSA) is 6.48 Å². The molecule has 2 nitrogen and oxygen atoms in total. The van der Waals surface area contributed by atoms with Gasteiger partial charge in [-0.1, -0.05) is 26.0 Å². The third-order valence-corrected chi connectivity index (χ3v) is 3.76. The summed E-state index contributed by atoms with van der Waals surface area (Å²) in [6, 6.07) is 8.86. The van der Waals surface area contributed by atoms with E-state index in [1.807, 2.05) is 0 Å². The van der Waals surface area contributed by atoms with Crippen LogP contribution in [0.1, 0.15) is 25.8 Å². The standard InChI is InChI=1S/C16H26N2/c1-14(2)7-8-17-9-11-18(12-10-17)16-6-4-5-15(3)13-16/h4-6,13-14H,7-12H2,1-3H3. The van der Waals surface area contributed by atoms with E-state index in [0.717, 1.165) is 5.92 Å². The van der Waals surface area contributed by atoms with Gasteiger partial charge < -0.3 is 4.90 Å². The molecule has 0 unspecified atom stereocenters. The molecule has 0 aliphatic carbocycles. The highest BCUT2D eigenvalue weighted by Crippen LogP contribution is 2.18. The summed E-state index contributed by atoms with van der Waals surface area (Å²) in [5.41, 5.74) is 2.74. The predicted octanol–water partition coefficient (Wildman–Crippen LogP) is 3.16. The lowest BCUT2D eigenvalue weighted by molar-refractivity contribution is 0.243. The zero-order valence-electron chi connectivity index (χ0n) is 12.0. The average Bonchev–Trinajstić information content (AvgIpc) is 2.37. The quantitative estimate of drug-likeness (QED) is 0.805. The first-order chi connectivity index (χ1) is 8.65. The lowest BCUT2D eigenvalue weighted by atomic mass is 10.1. The number of benzene rings is 1. The Balaban J connectivity index is 1.83. The van der Waals surface area contributed by atoms with E-state index in [2.05, 4.69) is 54.8 Å². The molecule has 1 saturated heterocycles. The first-order valence-corrected chi connectivity index (χ1v) is 7.19. The van der Waals surface area contributed by atoms with Crippen LogP contribution in [0, 0.1) is 12.8 Å². The molecule has 1 aromatic rings. The zero-order valence-corrected chi connectivity index (χ0v) is 12.0. The molecule has 1 aromatic carbocycles. The molecule has 1 fully saturated rings. The van der Waals surface area contributed by atoms with Gasteiger partial charge in [0.2, 0.25) is 0 Å². The molecule has 0 N–H and O–H groups in total. The molecule has 0 atom stereocenters. The van der Waals surface area contributed by atoms with Crippen LogP contribution in [0.25, 0.3) is 0 Å². The lowest BCUT2D eigenvalue weighted by Gasteiger charge is -2.36. The highest BCUT2D eigenvalue weighted by atomic mass is 15.3. The van der Waals surface area contributed by atoms with Crippen LogP contribution < -0.4 is 4.90 Å². The van der Waals surface area contributed by atoms with Gasteiger partial charge in [0.15, 0.2) is 0 Å².